The van der Waals surface area contributed by atoms with E-state index in [0.717, 1.165) is 11.4 Å². The highest BCUT2D eigenvalue weighted by molar-refractivity contribution is 5.93. The quantitative estimate of drug-likeness (QED) is 0.781. The summed E-state index contributed by atoms with van der Waals surface area (Å²) in [5.41, 5.74) is 0.738. The Kier molecular flexibility index (Phi) is 3.08. The normalized spacial score (nSPS) is 19.5. The molecule has 0 unspecified atom stereocenters. The van der Waals surface area contributed by atoms with Gasteiger partial charge < -0.3 is 9.47 Å². The van der Waals surface area contributed by atoms with Gasteiger partial charge in [-0.15, -0.1) is 0 Å². The van der Waals surface area contributed by atoms with Gasteiger partial charge in [-0.1, -0.05) is 13.8 Å². The van der Waals surface area contributed by atoms with Crippen molar-refractivity contribution in [3.63, 3.8) is 0 Å². The van der Waals surface area contributed by atoms with E-state index in [1.807, 2.05) is 6.07 Å². The molecule has 0 spiro atoms. The zero-order valence-electron chi connectivity index (χ0n) is 9.80. The summed E-state index contributed by atoms with van der Waals surface area (Å²) in [6.07, 6.45) is 1.70. The molecule has 4 nitrogen and oxygen atoms in total. The van der Waals surface area contributed by atoms with Crippen LogP contribution in [-0.2, 0) is 4.74 Å². The molecule has 0 N–H and O–H groups in total. The summed E-state index contributed by atoms with van der Waals surface area (Å²) in [5, 5.41) is 0. The van der Waals surface area contributed by atoms with Crippen molar-refractivity contribution >= 4 is 5.90 Å². The second-order valence-electron chi connectivity index (χ2n) is 4.14. The van der Waals surface area contributed by atoms with Crippen molar-refractivity contribution in [1.82, 2.24) is 4.98 Å². The summed E-state index contributed by atoms with van der Waals surface area (Å²) < 4.78 is 10.7. The summed E-state index contributed by atoms with van der Waals surface area (Å²) in [6.45, 7) is 4.92. The lowest BCUT2D eigenvalue weighted by atomic mass is 10.1. The average Bonchev–Trinajstić information content (AvgIpc) is 2.78. The van der Waals surface area contributed by atoms with Gasteiger partial charge in [0.1, 0.15) is 18.1 Å². The summed E-state index contributed by atoms with van der Waals surface area (Å²) in [4.78, 5) is 8.74. The molecule has 1 aliphatic heterocycles. The highest BCUT2D eigenvalue weighted by Crippen LogP contribution is 2.18. The Morgan fingerprint density at radius 2 is 2.31 bits per heavy atom. The molecule has 2 rings (SSSR count). The van der Waals surface area contributed by atoms with E-state index in [2.05, 4.69) is 23.8 Å². The Hall–Kier alpha value is -1.58. The molecule has 0 aliphatic carbocycles. The summed E-state index contributed by atoms with van der Waals surface area (Å²) in [5.74, 6) is 1.88. The number of hydrogen-bond donors (Lipinski definition) is 0. The molecule has 1 aliphatic rings. The summed E-state index contributed by atoms with van der Waals surface area (Å²) in [6, 6.07) is 3.88. The molecule has 0 aromatic carbocycles. The molecular formula is C12H16N2O2. The van der Waals surface area contributed by atoms with E-state index in [1.165, 1.54) is 0 Å². The van der Waals surface area contributed by atoms with Crippen LogP contribution >= 0.6 is 0 Å². The highest BCUT2D eigenvalue weighted by atomic mass is 16.5. The van der Waals surface area contributed by atoms with Crippen molar-refractivity contribution in [1.29, 1.82) is 0 Å². The molecule has 86 valence electrons. The first kappa shape index (κ1) is 10.9. The van der Waals surface area contributed by atoms with E-state index in [4.69, 9.17) is 9.47 Å². The van der Waals surface area contributed by atoms with Crippen LogP contribution in [0.15, 0.2) is 23.3 Å². The summed E-state index contributed by atoms with van der Waals surface area (Å²) in [7, 11) is 1.63. The van der Waals surface area contributed by atoms with E-state index in [0.29, 0.717) is 18.4 Å². The molecule has 0 saturated heterocycles. The number of hydrogen-bond acceptors (Lipinski definition) is 4. The van der Waals surface area contributed by atoms with Crippen LogP contribution in [0.2, 0.25) is 0 Å². The predicted octanol–water partition coefficient (Wildman–Crippen LogP) is 1.89. The van der Waals surface area contributed by atoms with Crippen molar-refractivity contribution in [2.24, 2.45) is 10.9 Å². The van der Waals surface area contributed by atoms with Crippen molar-refractivity contribution < 1.29 is 9.47 Å². The molecular weight excluding hydrogens is 204 g/mol. The van der Waals surface area contributed by atoms with Crippen molar-refractivity contribution in [3.8, 4) is 5.75 Å². The second kappa shape index (κ2) is 4.51. The van der Waals surface area contributed by atoms with Crippen LogP contribution in [0.3, 0.4) is 0 Å². The van der Waals surface area contributed by atoms with Crippen LogP contribution in [-0.4, -0.2) is 30.6 Å². The van der Waals surface area contributed by atoms with Crippen LogP contribution < -0.4 is 4.74 Å². The maximum Gasteiger partial charge on any atom is 0.235 e. The monoisotopic (exact) mass is 220 g/mol. The third-order valence-corrected chi connectivity index (χ3v) is 2.63. The van der Waals surface area contributed by atoms with Gasteiger partial charge in [-0.05, 0) is 12.0 Å². The van der Waals surface area contributed by atoms with Gasteiger partial charge in [-0.2, -0.15) is 0 Å². The number of aliphatic imine (C=N–C) groups is 1. The number of nitrogens with zero attached hydrogens (tertiary/aromatic N) is 2. The Labute approximate surface area is 95.3 Å². The smallest absolute Gasteiger partial charge is 0.235 e. The second-order valence-corrected chi connectivity index (χ2v) is 4.14. The first-order chi connectivity index (χ1) is 7.70. The van der Waals surface area contributed by atoms with E-state index < -0.39 is 0 Å². The molecule has 4 heteroatoms. The van der Waals surface area contributed by atoms with Crippen LogP contribution in [0.1, 0.15) is 19.5 Å². The minimum Gasteiger partial charge on any atom is -0.497 e. The fourth-order valence-electron chi connectivity index (χ4n) is 1.53. The van der Waals surface area contributed by atoms with Crippen LogP contribution in [0.25, 0.3) is 0 Å². The Balaban J connectivity index is 2.21. The van der Waals surface area contributed by atoms with Gasteiger partial charge in [0.25, 0.3) is 0 Å². The molecule has 0 bridgehead atoms. The first-order valence-electron chi connectivity index (χ1n) is 5.41. The molecule has 1 atom stereocenters. The van der Waals surface area contributed by atoms with Crippen molar-refractivity contribution in [2.45, 2.75) is 19.9 Å². The lowest BCUT2D eigenvalue weighted by Crippen LogP contribution is -2.13. The minimum atomic E-state index is 0.239. The fraction of sp³-hybridized carbons (Fsp3) is 0.500. The summed E-state index contributed by atoms with van der Waals surface area (Å²) >= 11 is 0. The van der Waals surface area contributed by atoms with Crippen molar-refractivity contribution in [2.75, 3.05) is 13.7 Å². The van der Waals surface area contributed by atoms with E-state index in [1.54, 1.807) is 19.4 Å². The molecule has 16 heavy (non-hydrogen) atoms. The van der Waals surface area contributed by atoms with Gasteiger partial charge in [0.15, 0.2) is 0 Å². The fourth-order valence-corrected chi connectivity index (χ4v) is 1.53. The van der Waals surface area contributed by atoms with Gasteiger partial charge in [0.2, 0.25) is 5.90 Å². The minimum absolute atomic E-state index is 0.239. The average molecular weight is 220 g/mol. The van der Waals surface area contributed by atoms with Gasteiger partial charge >= 0.3 is 0 Å². The lowest BCUT2D eigenvalue weighted by molar-refractivity contribution is 0.291. The highest BCUT2D eigenvalue weighted by Gasteiger charge is 2.23. The zero-order chi connectivity index (χ0) is 11.5. The third-order valence-electron chi connectivity index (χ3n) is 2.63. The third kappa shape index (κ3) is 2.15. The topological polar surface area (TPSA) is 43.7 Å². The largest absolute Gasteiger partial charge is 0.497 e. The maximum atomic E-state index is 5.54. The first-order valence-corrected chi connectivity index (χ1v) is 5.41. The molecule has 1 aromatic rings. The lowest BCUT2D eigenvalue weighted by Gasteiger charge is -2.06. The standard InChI is InChI=1S/C12H16N2O2/c1-8(2)11-7-16-12(14-11)10-6-9(15-3)4-5-13-10/h4-6,8,11H,7H2,1-3H3/t11-/m1/s1. The molecule has 0 saturated carbocycles. The maximum absolute atomic E-state index is 5.54. The molecule has 2 heterocycles. The van der Waals surface area contributed by atoms with Gasteiger partial charge in [-0.3, -0.25) is 4.98 Å². The van der Waals surface area contributed by atoms with Gasteiger partial charge in [0, 0.05) is 12.3 Å². The number of ether oxygens (including phenoxy) is 2. The van der Waals surface area contributed by atoms with E-state index in [-0.39, 0.29) is 6.04 Å². The Bertz CT molecular complexity index is 402. The number of methoxy groups -OCH3 is 1. The van der Waals surface area contributed by atoms with Crippen LogP contribution in [0.5, 0.6) is 5.75 Å². The van der Waals surface area contributed by atoms with Crippen molar-refractivity contribution in [3.05, 3.63) is 24.0 Å². The molecule has 0 fully saturated rings. The van der Waals surface area contributed by atoms with E-state index in [9.17, 15) is 0 Å². The number of pyridine rings is 1. The Morgan fingerprint density at radius 3 is 2.94 bits per heavy atom. The van der Waals surface area contributed by atoms with Gasteiger partial charge in [-0.25, -0.2) is 4.99 Å². The number of rotatable bonds is 3. The Morgan fingerprint density at radius 1 is 1.50 bits per heavy atom. The SMILES string of the molecule is COc1ccnc(C2=N[C@@H](C(C)C)CO2)c1. The molecule has 0 radical (unpaired) electrons. The molecule has 0 amide bonds. The zero-order valence-corrected chi connectivity index (χ0v) is 9.80. The van der Waals surface area contributed by atoms with Crippen LogP contribution in [0.4, 0.5) is 0 Å². The van der Waals surface area contributed by atoms with Crippen LogP contribution in [0, 0.1) is 5.92 Å². The van der Waals surface area contributed by atoms with E-state index >= 15 is 0 Å². The number of aromatic nitrogens is 1. The predicted molar refractivity (Wildman–Crippen MR) is 61.9 cm³/mol. The molecule has 1 aromatic heterocycles. The van der Waals surface area contributed by atoms with Gasteiger partial charge in [0.05, 0.1) is 13.2 Å².